The van der Waals surface area contributed by atoms with Crippen LogP contribution in [0.25, 0.3) is 0 Å². The minimum atomic E-state index is -1.61. The molecule has 11 atom stereocenters. The number of hydrogen-bond donors (Lipinski definition) is 8. The largest absolute Gasteiger partial charge is 0.395 e. The first-order valence-electron chi connectivity index (χ1n) is 8.18. The van der Waals surface area contributed by atoms with Gasteiger partial charge in [0.1, 0.15) is 30.5 Å². The van der Waals surface area contributed by atoms with Crippen molar-refractivity contribution in [2.45, 2.75) is 67.2 Å². The molecule has 11 heteroatoms. The highest BCUT2D eigenvalue weighted by molar-refractivity contribution is 5.10. The lowest BCUT2D eigenvalue weighted by Crippen LogP contribution is -2.60. The summed E-state index contributed by atoms with van der Waals surface area (Å²) in [7, 11) is 0. The van der Waals surface area contributed by atoms with Crippen LogP contribution in [0.4, 0.5) is 0 Å². The molecule has 0 radical (unpaired) electrons. The van der Waals surface area contributed by atoms with E-state index in [0.717, 1.165) is 0 Å². The van der Waals surface area contributed by atoms with Crippen LogP contribution in [0, 0.1) is 0 Å². The van der Waals surface area contributed by atoms with Crippen LogP contribution in [-0.2, 0) is 9.47 Å². The second-order valence-electron chi connectivity index (χ2n) is 6.78. The number of aliphatic hydroxyl groups is 8. The van der Waals surface area contributed by atoms with E-state index in [2.05, 4.69) is 0 Å². The van der Waals surface area contributed by atoms with Crippen molar-refractivity contribution >= 4 is 0 Å². The van der Waals surface area contributed by atoms with Crippen LogP contribution >= 0.6 is 0 Å². The van der Waals surface area contributed by atoms with Gasteiger partial charge in [0.15, 0.2) is 6.29 Å². The minimum absolute atomic E-state index is 0.0419. The van der Waals surface area contributed by atoms with Crippen LogP contribution in [0.1, 0.15) is 0 Å². The van der Waals surface area contributed by atoms with Crippen LogP contribution in [0.2, 0.25) is 0 Å². The highest BCUT2D eigenvalue weighted by Gasteiger charge is 2.58. The number of fused-ring (bicyclic) bond motifs is 1. The molecule has 0 bridgehead atoms. The Morgan fingerprint density at radius 3 is 2.08 bits per heavy atom. The molecule has 0 amide bonds. The standard InChI is InChI=1S/C14H25NO10/c16-2-4-8(18)11(21)7-9(19)5(1-15(4)7)24-14-13(23)12(22)10(20)6(3-17)25-14/h4-14,16-23H,1-3H2/t4-,5+,6?,7-,8-,9-,10-,11-,12?,13?,14+/m1/s1. The molecule has 0 aromatic heterocycles. The summed E-state index contributed by atoms with van der Waals surface area (Å²) >= 11 is 0. The first-order chi connectivity index (χ1) is 11.8. The van der Waals surface area contributed by atoms with Gasteiger partial charge in [-0.05, 0) is 0 Å². The Bertz CT molecular complexity index is 467. The van der Waals surface area contributed by atoms with Gasteiger partial charge in [-0.25, -0.2) is 0 Å². The summed E-state index contributed by atoms with van der Waals surface area (Å²) in [4.78, 5) is 1.52. The fourth-order valence-electron chi connectivity index (χ4n) is 3.92. The molecule has 0 aliphatic carbocycles. The van der Waals surface area contributed by atoms with Crippen LogP contribution in [0.3, 0.4) is 0 Å². The van der Waals surface area contributed by atoms with E-state index in [1.54, 1.807) is 0 Å². The van der Waals surface area contributed by atoms with Crippen molar-refractivity contribution in [1.82, 2.24) is 4.90 Å². The minimum Gasteiger partial charge on any atom is -0.395 e. The summed E-state index contributed by atoms with van der Waals surface area (Å²) in [6, 6.07) is -1.62. The van der Waals surface area contributed by atoms with E-state index in [-0.39, 0.29) is 6.54 Å². The predicted molar refractivity (Wildman–Crippen MR) is 78.0 cm³/mol. The number of hydrogen-bond acceptors (Lipinski definition) is 11. The molecule has 3 rings (SSSR count). The molecule has 3 unspecified atom stereocenters. The molecule has 25 heavy (non-hydrogen) atoms. The topological polar surface area (TPSA) is 184 Å². The van der Waals surface area contributed by atoms with Crippen molar-refractivity contribution in [2.24, 2.45) is 0 Å². The van der Waals surface area contributed by atoms with Gasteiger partial charge < -0.3 is 50.3 Å². The van der Waals surface area contributed by atoms with E-state index in [1.807, 2.05) is 0 Å². The number of ether oxygens (including phenoxy) is 2. The van der Waals surface area contributed by atoms with Gasteiger partial charge in [-0.3, -0.25) is 4.90 Å². The van der Waals surface area contributed by atoms with Crippen LogP contribution in [0.5, 0.6) is 0 Å². The SMILES string of the molecule is OCC1O[C@H](O[C@H]2CN3[C@@H]([C@@H](O)[C@H](O)[C@H]3CO)[C@@H]2O)C(O)C(O)[C@@H]1O. The van der Waals surface area contributed by atoms with Gasteiger partial charge in [0.25, 0.3) is 0 Å². The molecule has 146 valence electrons. The Balaban J connectivity index is 1.70. The monoisotopic (exact) mass is 367 g/mol. The summed E-state index contributed by atoms with van der Waals surface area (Å²) in [6.07, 6.45) is -12.0. The van der Waals surface area contributed by atoms with Crippen molar-refractivity contribution < 1.29 is 50.3 Å². The molecule has 8 N–H and O–H groups in total. The Kier molecular flexibility index (Phi) is 5.63. The summed E-state index contributed by atoms with van der Waals surface area (Å²) in [6.45, 7) is -0.987. The summed E-state index contributed by atoms with van der Waals surface area (Å²) in [5.41, 5.74) is 0. The molecule has 0 aromatic rings. The van der Waals surface area contributed by atoms with Crippen LogP contribution < -0.4 is 0 Å². The van der Waals surface area contributed by atoms with Crippen molar-refractivity contribution in [3.63, 3.8) is 0 Å². The molecular weight excluding hydrogens is 342 g/mol. The van der Waals surface area contributed by atoms with Crippen molar-refractivity contribution in [1.29, 1.82) is 0 Å². The van der Waals surface area contributed by atoms with E-state index in [1.165, 1.54) is 4.90 Å². The normalized spacial score (nSPS) is 54.0. The second kappa shape index (κ2) is 7.29. The fraction of sp³-hybridized carbons (Fsp3) is 1.00. The van der Waals surface area contributed by atoms with E-state index < -0.39 is 80.4 Å². The highest BCUT2D eigenvalue weighted by Crippen LogP contribution is 2.36. The zero-order chi connectivity index (χ0) is 18.5. The maximum atomic E-state index is 10.4. The summed E-state index contributed by atoms with van der Waals surface area (Å²) in [5, 5.41) is 78.5. The van der Waals surface area contributed by atoms with E-state index >= 15 is 0 Å². The molecule has 0 aromatic carbocycles. The van der Waals surface area contributed by atoms with E-state index in [0.29, 0.717) is 0 Å². The highest BCUT2D eigenvalue weighted by atomic mass is 16.7. The lowest BCUT2D eigenvalue weighted by Gasteiger charge is -2.40. The fourth-order valence-corrected chi connectivity index (χ4v) is 3.92. The molecule has 3 fully saturated rings. The maximum Gasteiger partial charge on any atom is 0.187 e. The predicted octanol–water partition coefficient (Wildman–Crippen LogP) is -5.69. The first kappa shape index (κ1) is 19.3. The molecule has 0 saturated carbocycles. The third-order valence-electron chi connectivity index (χ3n) is 5.37. The average molecular weight is 367 g/mol. The Hall–Kier alpha value is -0.440. The zero-order valence-corrected chi connectivity index (χ0v) is 13.3. The van der Waals surface area contributed by atoms with E-state index in [9.17, 15) is 40.9 Å². The van der Waals surface area contributed by atoms with Crippen molar-refractivity contribution in [3.05, 3.63) is 0 Å². The Morgan fingerprint density at radius 1 is 0.800 bits per heavy atom. The molecule has 3 heterocycles. The third kappa shape index (κ3) is 3.09. The number of nitrogens with zero attached hydrogens (tertiary/aromatic N) is 1. The van der Waals surface area contributed by atoms with E-state index in [4.69, 9.17) is 9.47 Å². The quantitative estimate of drug-likeness (QED) is 0.237. The van der Waals surface area contributed by atoms with Gasteiger partial charge >= 0.3 is 0 Å². The third-order valence-corrected chi connectivity index (χ3v) is 5.37. The molecule has 3 saturated heterocycles. The smallest absolute Gasteiger partial charge is 0.187 e. The van der Waals surface area contributed by atoms with Gasteiger partial charge in [-0.1, -0.05) is 0 Å². The zero-order valence-electron chi connectivity index (χ0n) is 13.3. The number of rotatable bonds is 4. The first-order valence-corrected chi connectivity index (χ1v) is 8.18. The molecule has 0 spiro atoms. The molecule has 3 aliphatic heterocycles. The van der Waals surface area contributed by atoms with Gasteiger partial charge in [0, 0.05) is 6.54 Å². The Labute approximate surface area is 143 Å². The van der Waals surface area contributed by atoms with Crippen LogP contribution in [-0.4, -0.2) is 133 Å². The molecule has 3 aliphatic rings. The lowest BCUT2D eigenvalue weighted by molar-refractivity contribution is -0.314. The van der Waals surface area contributed by atoms with Crippen molar-refractivity contribution in [2.75, 3.05) is 19.8 Å². The molecular formula is C14H25NO10. The summed E-state index contributed by atoms with van der Waals surface area (Å²) < 4.78 is 10.8. The van der Waals surface area contributed by atoms with Gasteiger partial charge in [-0.2, -0.15) is 0 Å². The maximum absolute atomic E-state index is 10.4. The van der Waals surface area contributed by atoms with Crippen LogP contribution in [0.15, 0.2) is 0 Å². The second-order valence-corrected chi connectivity index (χ2v) is 6.78. The lowest BCUT2D eigenvalue weighted by atomic mass is 9.99. The van der Waals surface area contributed by atoms with Gasteiger partial charge in [0.05, 0.1) is 43.6 Å². The number of aliphatic hydroxyl groups excluding tert-OH is 8. The van der Waals surface area contributed by atoms with Gasteiger partial charge in [0.2, 0.25) is 0 Å². The van der Waals surface area contributed by atoms with Crippen molar-refractivity contribution in [3.8, 4) is 0 Å². The Morgan fingerprint density at radius 2 is 1.48 bits per heavy atom. The molecule has 11 nitrogen and oxygen atoms in total. The average Bonchev–Trinajstić information content (AvgIpc) is 3.03. The summed E-state index contributed by atoms with van der Waals surface area (Å²) in [5.74, 6) is 0. The van der Waals surface area contributed by atoms with Gasteiger partial charge in [-0.15, -0.1) is 0 Å².